The van der Waals surface area contributed by atoms with Crippen molar-refractivity contribution in [2.45, 2.75) is 27.2 Å². The number of halogens is 2. The number of oxazole rings is 1. The van der Waals surface area contributed by atoms with Crippen molar-refractivity contribution in [2.75, 3.05) is 0 Å². The van der Waals surface area contributed by atoms with Crippen molar-refractivity contribution in [3.05, 3.63) is 28.1 Å². The van der Waals surface area contributed by atoms with Crippen LogP contribution in [0, 0.1) is 5.41 Å². The molecule has 0 aliphatic heterocycles. The van der Waals surface area contributed by atoms with Gasteiger partial charge in [-0.05, 0) is 11.5 Å². The van der Waals surface area contributed by atoms with Gasteiger partial charge in [-0.3, -0.25) is 0 Å². The third-order valence-electron chi connectivity index (χ3n) is 2.14. The SMILES string of the molecule is CC(C)(C)Cc1nc2c(Cl)cc(Cl)cc2o1. The van der Waals surface area contributed by atoms with Crippen LogP contribution in [0.1, 0.15) is 26.7 Å². The van der Waals surface area contributed by atoms with E-state index >= 15 is 0 Å². The Morgan fingerprint density at radius 3 is 2.56 bits per heavy atom. The van der Waals surface area contributed by atoms with Crippen LogP contribution in [0.4, 0.5) is 0 Å². The lowest BCUT2D eigenvalue weighted by Gasteiger charge is -2.14. The Labute approximate surface area is 105 Å². The average Bonchev–Trinajstić information content (AvgIpc) is 2.43. The van der Waals surface area contributed by atoms with E-state index in [1.54, 1.807) is 12.1 Å². The van der Waals surface area contributed by atoms with Gasteiger partial charge in [0, 0.05) is 17.5 Å². The number of hydrogen-bond acceptors (Lipinski definition) is 2. The summed E-state index contributed by atoms with van der Waals surface area (Å²) in [5.74, 6) is 0.701. The summed E-state index contributed by atoms with van der Waals surface area (Å²) < 4.78 is 5.63. The molecule has 0 N–H and O–H groups in total. The predicted molar refractivity (Wildman–Crippen MR) is 67.2 cm³/mol. The number of nitrogens with zero attached hydrogens (tertiary/aromatic N) is 1. The van der Waals surface area contributed by atoms with E-state index < -0.39 is 0 Å². The van der Waals surface area contributed by atoms with E-state index in [1.807, 2.05) is 0 Å². The van der Waals surface area contributed by atoms with Gasteiger partial charge in [0.1, 0.15) is 5.52 Å². The molecule has 0 saturated carbocycles. The highest BCUT2D eigenvalue weighted by Gasteiger charge is 2.17. The molecule has 1 aromatic carbocycles. The monoisotopic (exact) mass is 257 g/mol. The summed E-state index contributed by atoms with van der Waals surface area (Å²) >= 11 is 11.9. The van der Waals surface area contributed by atoms with Crippen LogP contribution in [0.25, 0.3) is 11.1 Å². The molecule has 2 rings (SSSR count). The quantitative estimate of drug-likeness (QED) is 0.739. The van der Waals surface area contributed by atoms with E-state index in [0.717, 1.165) is 6.42 Å². The van der Waals surface area contributed by atoms with E-state index in [1.165, 1.54) is 0 Å². The van der Waals surface area contributed by atoms with Gasteiger partial charge in [0.2, 0.25) is 0 Å². The molecule has 1 heterocycles. The predicted octanol–water partition coefficient (Wildman–Crippen LogP) is 4.72. The number of rotatable bonds is 1. The third kappa shape index (κ3) is 2.50. The molecule has 4 heteroatoms. The van der Waals surface area contributed by atoms with Gasteiger partial charge in [-0.15, -0.1) is 0 Å². The van der Waals surface area contributed by atoms with Crippen molar-refractivity contribution >= 4 is 34.3 Å². The summed E-state index contributed by atoms with van der Waals surface area (Å²) in [6.07, 6.45) is 0.773. The van der Waals surface area contributed by atoms with Crippen LogP contribution in [-0.2, 0) is 6.42 Å². The maximum atomic E-state index is 6.04. The molecule has 2 aromatic rings. The summed E-state index contributed by atoms with van der Waals surface area (Å²) in [6.45, 7) is 6.41. The number of hydrogen-bond donors (Lipinski definition) is 0. The van der Waals surface area contributed by atoms with Crippen molar-refractivity contribution in [3.8, 4) is 0 Å². The van der Waals surface area contributed by atoms with Gasteiger partial charge in [-0.1, -0.05) is 44.0 Å². The minimum Gasteiger partial charge on any atom is -0.441 e. The van der Waals surface area contributed by atoms with Gasteiger partial charge >= 0.3 is 0 Å². The normalized spacial score (nSPS) is 12.3. The Bertz CT molecular complexity index is 526. The van der Waals surface area contributed by atoms with E-state index in [4.69, 9.17) is 27.6 Å². The maximum absolute atomic E-state index is 6.04. The van der Waals surface area contributed by atoms with Crippen molar-refractivity contribution in [2.24, 2.45) is 5.41 Å². The van der Waals surface area contributed by atoms with Crippen LogP contribution in [0.15, 0.2) is 16.5 Å². The van der Waals surface area contributed by atoms with Crippen LogP contribution >= 0.6 is 23.2 Å². The summed E-state index contributed by atoms with van der Waals surface area (Å²) in [4.78, 5) is 4.38. The highest BCUT2D eigenvalue weighted by Crippen LogP contribution is 2.30. The minimum atomic E-state index is 0.136. The number of benzene rings is 1. The Kier molecular flexibility index (Phi) is 2.89. The highest BCUT2D eigenvalue weighted by atomic mass is 35.5. The van der Waals surface area contributed by atoms with E-state index in [9.17, 15) is 0 Å². The first-order valence-electron chi connectivity index (χ1n) is 5.10. The van der Waals surface area contributed by atoms with Gasteiger partial charge in [-0.25, -0.2) is 4.98 Å². The Hall–Kier alpha value is -0.730. The van der Waals surface area contributed by atoms with Crippen LogP contribution in [0.5, 0.6) is 0 Å². The third-order valence-corrected chi connectivity index (χ3v) is 2.65. The first-order valence-corrected chi connectivity index (χ1v) is 5.85. The molecule has 0 saturated heterocycles. The molecule has 0 atom stereocenters. The number of aromatic nitrogens is 1. The molecule has 0 unspecified atom stereocenters. The van der Waals surface area contributed by atoms with Gasteiger partial charge in [0.05, 0.1) is 5.02 Å². The van der Waals surface area contributed by atoms with Crippen LogP contribution in [-0.4, -0.2) is 4.98 Å². The zero-order valence-corrected chi connectivity index (χ0v) is 11.0. The molecule has 0 radical (unpaired) electrons. The van der Waals surface area contributed by atoms with Crippen molar-refractivity contribution in [1.29, 1.82) is 0 Å². The van der Waals surface area contributed by atoms with Crippen molar-refractivity contribution in [3.63, 3.8) is 0 Å². The second-order valence-electron chi connectivity index (χ2n) is 5.08. The fraction of sp³-hybridized carbons (Fsp3) is 0.417. The van der Waals surface area contributed by atoms with Crippen LogP contribution < -0.4 is 0 Å². The second-order valence-corrected chi connectivity index (χ2v) is 5.92. The second kappa shape index (κ2) is 3.94. The van der Waals surface area contributed by atoms with Gasteiger partial charge in [0.25, 0.3) is 0 Å². The largest absolute Gasteiger partial charge is 0.441 e. The molecule has 1 aromatic heterocycles. The van der Waals surface area contributed by atoms with E-state index in [-0.39, 0.29) is 5.41 Å². The fourth-order valence-electron chi connectivity index (χ4n) is 1.53. The summed E-state index contributed by atoms with van der Waals surface area (Å²) in [6, 6.07) is 3.41. The van der Waals surface area contributed by atoms with Crippen LogP contribution in [0.3, 0.4) is 0 Å². The van der Waals surface area contributed by atoms with Gasteiger partial charge in [-0.2, -0.15) is 0 Å². The molecule has 2 nitrogen and oxygen atoms in total. The van der Waals surface area contributed by atoms with E-state index in [2.05, 4.69) is 25.8 Å². The molecule has 16 heavy (non-hydrogen) atoms. The molecule has 86 valence electrons. The summed E-state index contributed by atoms with van der Waals surface area (Å²) in [5, 5.41) is 1.10. The first-order chi connectivity index (χ1) is 7.35. The summed E-state index contributed by atoms with van der Waals surface area (Å²) in [7, 11) is 0. The molecule has 0 amide bonds. The molecular weight excluding hydrogens is 245 g/mol. The molecule has 0 aliphatic carbocycles. The zero-order chi connectivity index (χ0) is 11.9. The summed E-state index contributed by atoms with van der Waals surface area (Å²) in [5.41, 5.74) is 1.47. The van der Waals surface area contributed by atoms with Gasteiger partial charge < -0.3 is 4.42 Å². The first kappa shape index (κ1) is 11.7. The van der Waals surface area contributed by atoms with Crippen LogP contribution in [0.2, 0.25) is 10.0 Å². The molecule has 0 fully saturated rings. The lowest BCUT2D eigenvalue weighted by atomic mass is 9.92. The highest BCUT2D eigenvalue weighted by molar-refractivity contribution is 6.38. The minimum absolute atomic E-state index is 0.136. The fourth-order valence-corrected chi connectivity index (χ4v) is 2.05. The molecular formula is C12H13Cl2NO. The Balaban J connectivity index is 2.48. The molecule has 0 spiro atoms. The Morgan fingerprint density at radius 2 is 1.94 bits per heavy atom. The smallest absolute Gasteiger partial charge is 0.196 e. The average molecular weight is 258 g/mol. The van der Waals surface area contributed by atoms with E-state index in [0.29, 0.717) is 27.0 Å². The van der Waals surface area contributed by atoms with Crippen molar-refractivity contribution < 1.29 is 4.42 Å². The zero-order valence-electron chi connectivity index (χ0n) is 9.47. The lowest BCUT2D eigenvalue weighted by molar-refractivity contribution is 0.362. The standard InChI is InChI=1S/C12H13Cl2NO/c1-12(2,3)6-10-15-11-8(14)4-7(13)5-9(11)16-10/h4-5H,6H2,1-3H3. The van der Waals surface area contributed by atoms with Crippen molar-refractivity contribution in [1.82, 2.24) is 4.98 Å². The molecule has 0 aliphatic rings. The van der Waals surface area contributed by atoms with Gasteiger partial charge in [0.15, 0.2) is 11.5 Å². The lowest BCUT2D eigenvalue weighted by Crippen LogP contribution is -2.09. The topological polar surface area (TPSA) is 26.0 Å². The number of fused-ring (bicyclic) bond motifs is 1. The maximum Gasteiger partial charge on any atom is 0.196 e. The molecule has 0 bridgehead atoms. The Morgan fingerprint density at radius 1 is 1.25 bits per heavy atom.